The van der Waals surface area contributed by atoms with Crippen molar-refractivity contribution in [2.75, 3.05) is 6.61 Å². The number of ether oxygens (including phenoxy) is 2. The van der Waals surface area contributed by atoms with Gasteiger partial charge in [0.1, 0.15) is 46.9 Å². The average Bonchev–Trinajstić information content (AvgIpc) is 3.48. The summed E-state index contributed by atoms with van der Waals surface area (Å²) < 4.78 is 22.9. The monoisotopic (exact) mass is 642 g/mol. The lowest BCUT2D eigenvalue weighted by Gasteiger charge is -2.39. The molecule has 46 heavy (non-hydrogen) atoms. The van der Waals surface area contributed by atoms with E-state index in [-0.39, 0.29) is 51.6 Å². The molecule has 7 N–H and O–H groups in total. The number of phenols is 3. The van der Waals surface area contributed by atoms with Crippen LogP contribution in [0.2, 0.25) is 0 Å². The van der Waals surface area contributed by atoms with E-state index in [1.165, 1.54) is 24.6 Å². The lowest BCUT2D eigenvalue weighted by molar-refractivity contribution is -0.277. The van der Waals surface area contributed by atoms with E-state index in [0.717, 1.165) is 44.2 Å². The van der Waals surface area contributed by atoms with Gasteiger partial charge in [0.2, 0.25) is 17.5 Å². The van der Waals surface area contributed by atoms with Crippen molar-refractivity contribution < 1.29 is 58.8 Å². The molecule has 13 heteroatoms. The van der Waals surface area contributed by atoms with Gasteiger partial charge in [0.05, 0.1) is 6.61 Å². The predicted octanol–water partition coefficient (Wildman–Crippen LogP) is 3.83. The predicted molar refractivity (Wildman–Crippen MR) is 164 cm³/mol. The number of unbranched alkanes of at least 4 members (excludes halogenated alkanes) is 6. The fraction of sp³-hybridized carbons (Fsp3) is 0.455. The zero-order valence-electron chi connectivity index (χ0n) is 25.2. The molecule has 248 valence electrons. The summed E-state index contributed by atoms with van der Waals surface area (Å²) in [6, 6.07) is 6.00. The van der Waals surface area contributed by atoms with E-state index >= 15 is 0 Å². The van der Waals surface area contributed by atoms with Crippen LogP contribution in [0.3, 0.4) is 0 Å². The van der Waals surface area contributed by atoms with Crippen molar-refractivity contribution >= 4 is 27.7 Å². The Hall–Kier alpha value is -4.14. The van der Waals surface area contributed by atoms with Gasteiger partial charge in [-0.3, -0.25) is 9.59 Å². The van der Waals surface area contributed by atoms with Crippen LogP contribution in [-0.4, -0.2) is 78.8 Å². The van der Waals surface area contributed by atoms with Crippen molar-refractivity contribution in [3.8, 4) is 34.3 Å². The summed E-state index contributed by atoms with van der Waals surface area (Å²) in [5.41, 5.74) is -1.21. The molecule has 1 saturated heterocycles. The highest BCUT2D eigenvalue weighted by Crippen LogP contribution is 2.42. The summed E-state index contributed by atoms with van der Waals surface area (Å²) >= 11 is 0. The van der Waals surface area contributed by atoms with Gasteiger partial charge in [0.15, 0.2) is 28.6 Å². The molecule has 2 aromatic heterocycles. The molecule has 0 saturated carbocycles. The highest BCUT2D eigenvalue weighted by Gasteiger charge is 2.45. The van der Waals surface area contributed by atoms with Gasteiger partial charge in [-0.25, -0.2) is 0 Å². The molecule has 1 aliphatic rings. The zero-order valence-corrected chi connectivity index (χ0v) is 25.2. The number of aliphatic hydroxyl groups excluding tert-OH is 4. The fourth-order valence-corrected chi connectivity index (χ4v) is 5.64. The molecule has 5 atom stereocenters. The summed E-state index contributed by atoms with van der Waals surface area (Å²) in [5, 5.41) is 71.7. The van der Waals surface area contributed by atoms with Crippen LogP contribution in [0.25, 0.3) is 33.3 Å². The highest BCUT2D eigenvalue weighted by molar-refractivity contribution is 6.04. The third kappa shape index (κ3) is 6.55. The van der Waals surface area contributed by atoms with E-state index in [0.29, 0.717) is 6.42 Å². The first-order chi connectivity index (χ1) is 22.0. The van der Waals surface area contributed by atoms with Crippen molar-refractivity contribution in [3.05, 3.63) is 46.3 Å². The average molecular weight is 643 g/mol. The summed E-state index contributed by atoms with van der Waals surface area (Å²) in [7, 11) is 0. The minimum Gasteiger partial charge on any atom is -0.508 e. The van der Waals surface area contributed by atoms with Crippen LogP contribution in [0.1, 0.15) is 68.8 Å². The van der Waals surface area contributed by atoms with Gasteiger partial charge in [-0.15, -0.1) is 0 Å². The first kappa shape index (κ1) is 33.2. The second-order valence-corrected chi connectivity index (χ2v) is 11.5. The molecular formula is C33H38O13. The minimum atomic E-state index is -1.89. The Morgan fingerprint density at radius 3 is 2.30 bits per heavy atom. The number of furan rings is 1. The number of hydrogen-bond acceptors (Lipinski definition) is 13. The lowest BCUT2D eigenvalue weighted by Crippen LogP contribution is -2.60. The van der Waals surface area contributed by atoms with Crippen LogP contribution in [0.4, 0.5) is 0 Å². The van der Waals surface area contributed by atoms with Crippen LogP contribution in [0.15, 0.2) is 44.0 Å². The number of ketones is 1. The van der Waals surface area contributed by atoms with Gasteiger partial charge >= 0.3 is 0 Å². The Morgan fingerprint density at radius 2 is 1.59 bits per heavy atom. The third-order valence-electron chi connectivity index (χ3n) is 8.19. The molecule has 1 fully saturated rings. The van der Waals surface area contributed by atoms with Gasteiger partial charge in [-0.2, -0.15) is 0 Å². The molecule has 1 aliphatic heterocycles. The highest BCUT2D eigenvalue weighted by atomic mass is 16.7. The summed E-state index contributed by atoms with van der Waals surface area (Å²) in [5.74, 6) is -2.63. The Balaban J connectivity index is 1.56. The zero-order chi connectivity index (χ0) is 33.1. The lowest BCUT2D eigenvalue weighted by atomic mass is 9.99. The van der Waals surface area contributed by atoms with E-state index in [1.807, 2.05) is 0 Å². The molecule has 0 unspecified atom stereocenters. The van der Waals surface area contributed by atoms with Crippen LogP contribution in [-0.2, 0) is 4.74 Å². The van der Waals surface area contributed by atoms with Gasteiger partial charge in [0, 0.05) is 29.5 Å². The molecule has 0 spiro atoms. The Bertz CT molecular complexity index is 1750. The van der Waals surface area contributed by atoms with Gasteiger partial charge in [-0.05, 0) is 24.6 Å². The molecule has 0 aliphatic carbocycles. The summed E-state index contributed by atoms with van der Waals surface area (Å²) in [6.45, 7) is 1.39. The maximum Gasteiger partial charge on any atom is 0.239 e. The minimum absolute atomic E-state index is 0.0291. The smallest absolute Gasteiger partial charge is 0.239 e. The van der Waals surface area contributed by atoms with Crippen molar-refractivity contribution in [1.29, 1.82) is 0 Å². The Kier molecular flexibility index (Phi) is 10.2. The SMILES string of the molecule is CCCCCCCCCC(=O)c1cc2c(-c3oc4cc(O)cc(O)c4c(=O)c3O[C@@H]3O[C@H](CO)[C@H](O)[C@H](O)[C@H]3O)ccc(O)c2o1. The van der Waals surface area contributed by atoms with E-state index in [1.54, 1.807) is 0 Å². The molecule has 0 bridgehead atoms. The number of benzene rings is 2. The number of aliphatic hydroxyl groups is 4. The van der Waals surface area contributed by atoms with E-state index in [9.17, 15) is 45.3 Å². The standard InChI is InChI=1S/C33H38O13/c1-2-3-4-5-6-7-8-9-19(36)22-14-18-17(10-11-20(37)30(18)43-22)31-32(27(40)25-21(38)12-16(35)13-23(25)44-31)46-33-29(42)28(41)26(39)24(15-34)45-33/h10-14,24,26,28-29,33-35,37-39,41-42H,2-9,15H2,1H3/t24-,26+,28+,29-,33+/m1/s1. The van der Waals surface area contributed by atoms with Gasteiger partial charge in [0.25, 0.3) is 0 Å². The number of carbonyl (C=O) groups is 1. The first-order valence-corrected chi connectivity index (χ1v) is 15.3. The number of aromatic hydroxyl groups is 3. The molecule has 13 nitrogen and oxygen atoms in total. The molecule has 5 rings (SSSR count). The topological polar surface area (TPSA) is 220 Å². The second-order valence-electron chi connectivity index (χ2n) is 11.5. The fourth-order valence-electron chi connectivity index (χ4n) is 5.64. The normalized spacial score (nSPS) is 21.6. The Morgan fingerprint density at radius 1 is 0.870 bits per heavy atom. The Labute approximate surface area is 262 Å². The first-order valence-electron chi connectivity index (χ1n) is 15.3. The second kappa shape index (κ2) is 14.1. The maximum absolute atomic E-state index is 13.8. The number of hydrogen-bond donors (Lipinski definition) is 7. The maximum atomic E-state index is 13.8. The van der Waals surface area contributed by atoms with E-state index in [2.05, 4.69) is 6.92 Å². The summed E-state index contributed by atoms with van der Waals surface area (Å²) in [4.78, 5) is 26.9. The van der Waals surface area contributed by atoms with Crippen molar-refractivity contribution in [3.63, 3.8) is 0 Å². The third-order valence-corrected chi connectivity index (χ3v) is 8.19. The number of rotatable bonds is 13. The largest absolute Gasteiger partial charge is 0.508 e. The molecule has 3 heterocycles. The number of fused-ring (bicyclic) bond motifs is 2. The quantitative estimate of drug-likeness (QED) is 0.0815. The van der Waals surface area contributed by atoms with Crippen molar-refractivity contribution in [2.45, 2.75) is 89.0 Å². The van der Waals surface area contributed by atoms with Crippen molar-refractivity contribution in [2.24, 2.45) is 0 Å². The van der Waals surface area contributed by atoms with Crippen LogP contribution in [0.5, 0.6) is 23.0 Å². The van der Waals surface area contributed by atoms with Crippen LogP contribution in [0, 0.1) is 0 Å². The van der Waals surface area contributed by atoms with Gasteiger partial charge in [-0.1, -0.05) is 45.4 Å². The number of carbonyl (C=O) groups excluding carboxylic acids is 1. The summed E-state index contributed by atoms with van der Waals surface area (Å²) in [6.07, 6.45) is -1.21. The number of phenolic OH excluding ortho intramolecular Hbond substituents is 3. The molecular weight excluding hydrogens is 604 g/mol. The van der Waals surface area contributed by atoms with E-state index in [4.69, 9.17) is 18.3 Å². The molecule has 4 aromatic rings. The van der Waals surface area contributed by atoms with Crippen LogP contribution >= 0.6 is 0 Å². The number of Topliss-reactive ketones (excluding diaryl/α,β-unsaturated/α-hetero) is 1. The van der Waals surface area contributed by atoms with Crippen LogP contribution < -0.4 is 10.2 Å². The molecule has 0 amide bonds. The molecule has 0 radical (unpaired) electrons. The van der Waals surface area contributed by atoms with E-state index < -0.39 is 65.4 Å². The van der Waals surface area contributed by atoms with Crippen molar-refractivity contribution in [1.82, 2.24) is 0 Å². The van der Waals surface area contributed by atoms with Gasteiger partial charge < -0.3 is 54.1 Å². The molecule has 2 aromatic carbocycles.